The van der Waals surface area contributed by atoms with E-state index in [4.69, 9.17) is 0 Å². The second kappa shape index (κ2) is 7.62. The van der Waals surface area contributed by atoms with E-state index in [0.717, 1.165) is 48.6 Å². The van der Waals surface area contributed by atoms with Crippen LogP contribution in [0.2, 0.25) is 0 Å². The average Bonchev–Trinajstić information content (AvgIpc) is 2.51. The van der Waals surface area contributed by atoms with Crippen molar-refractivity contribution >= 4 is 17.3 Å². The van der Waals surface area contributed by atoms with E-state index in [2.05, 4.69) is 58.7 Å². The minimum atomic E-state index is 0.903. The van der Waals surface area contributed by atoms with Gasteiger partial charge >= 0.3 is 0 Å². The number of nitrogens with one attached hydrogen (secondary N) is 2. The molecule has 0 atom stereocenters. The molecule has 0 aliphatic rings. The monoisotopic (exact) mass is 284 g/mol. The Labute approximate surface area is 127 Å². The molecule has 0 amide bonds. The third-order valence-corrected chi connectivity index (χ3v) is 3.47. The predicted molar refractivity (Wildman–Crippen MR) is 89.3 cm³/mol. The zero-order chi connectivity index (χ0) is 15.1. The zero-order valence-corrected chi connectivity index (χ0v) is 13.1. The van der Waals surface area contributed by atoms with Crippen molar-refractivity contribution in [2.75, 3.05) is 17.7 Å². The van der Waals surface area contributed by atoms with Gasteiger partial charge in [-0.3, -0.25) is 0 Å². The van der Waals surface area contributed by atoms with Crippen LogP contribution in [0.15, 0.2) is 30.6 Å². The fraction of sp³-hybridized carbons (Fsp3) is 0.412. The Hall–Kier alpha value is -2.10. The van der Waals surface area contributed by atoms with Crippen molar-refractivity contribution in [1.82, 2.24) is 9.97 Å². The van der Waals surface area contributed by atoms with Crippen LogP contribution in [0.3, 0.4) is 0 Å². The van der Waals surface area contributed by atoms with Crippen molar-refractivity contribution in [1.29, 1.82) is 0 Å². The maximum atomic E-state index is 4.44. The van der Waals surface area contributed by atoms with E-state index in [1.807, 2.05) is 7.05 Å². The minimum absolute atomic E-state index is 0.903. The lowest BCUT2D eigenvalue weighted by Gasteiger charge is -2.15. The van der Waals surface area contributed by atoms with Crippen LogP contribution in [-0.2, 0) is 12.8 Å². The summed E-state index contributed by atoms with van der Waals surface area (Å²) >= 11 is 0. The summed E-state index contributed by atoms with van der Waals surface area (Å²) in [4.78, 5) is 8.75. The predicted octanol–water partition coefficient (Wildman–Crippen LogP) is 4.17. The average molecular weight is 284 g/mol. The molecule has 112 valence electrons. The van der Waals surface area contributed by atoms with Crippen LogP contribution in [0.25, 0.3) is 0 Å². The van der Waals surface area contributed by atoms with Gasteiger partial charge in [0.2, 0.25) is 0 Å². The lowest BCUT2D eigenvalue weighted by molar-refractivity contribution is 0.903. The molecule has 0 fully saturated rings. The number of aryl methyl sites for hydroxylation is 1. The molecule has 2 N–H and O–H groups in total. The first-order valence-electron chi connectivity index (χ1n) is 7.66. The number of aromatic nitrogens is 2. The molecule has 0 saturated heterocycles. The summed E-state index contributed by atoms with van der Waals surface area (Å²) in [6, 6.07) is 8.43. The Morgan fingerprint density at radius 1 is 0.952 bits per heavy atom. The molecule has 1 aromatic carbocycles. The molecule has 0 saturated carbocycles. The zero-order valence-electron chi connectivity index (χ0n) is 13.1. The van der Waals surface area contributed by atoms with Gasteiger partial charge < -0.3 is 10.6 Å². The fourth-order valence-electron chi connectivity index (χ4n) is 2.48. The van der Waals surface area contributed by atoms with Gasteiger partial charge in [0.05, 0.1) is 0 Å². The summed E-state index contributed by atoms with van der Waals surface area (Å²) in [5.41, 5.74) is 3.61. The van der Waals surface area contributed by atoms with Crippen LogP contribution >= 0.6 is 0 Å². The molecule has 0 aliphatic carbocycles. The van der Waals surface area contributed by atoms with Gasteiger partial charge in [-0.15, -0.1) is 0 Å². The third-order valence-electron chi connectivity index (χ3n) is 3.47. The van der Waals surface area contributed by atoms with E-state index >= 15 is 0 Å². The molecule has 0 bridgehead atoms. The third kappa shape index (κ3) is 3.72. The van der Waals surface area contributed by atoms with Crippen molar-refractivity contribution in [2.45, 2.75) is 39.5 Å². The van der Waals surface area contributed by atoms with E-state index in [1.54, 1.807) is 6.33 Å². The highest BCUT2D eigenvalue weighted by atomic mass is 15.1. The van der Waals surface area contributed by atoms with Gasteiger partial charge in [-0.1, -0.05) is 44.9 Å². The fourth-order valence-corrected chi connectivity index (χ4v) is 2.48. The Bertz CT molecular complexity index is 581. The number of benzene rings is 1. The second-order valence-corrected chi connectivity index (χ2v) is 5.08. The van der Waals surface area contributed by atoms with Gasteiger partial charge in [-0.2, -0.15) is 0 Å². The molecule has 1 heterocycles. The number of nitrogens with zero attached hydrogens (tertiary/aromatic N) is 2. The van der Waals surface area contributed by atoms with E-state index in [9.17, 15) is 0 Å². The highest BCUT2D eigenvalue weighted by molar-refractivity contribution is 5.67. The van der Waals surface area contributed by atoms with Gasteiger partial charge in [0.1, 0.15) is 18.0 Å². The van der Waals surface area contributed by atoms with Crippen LogP contribution in [0.1, 0.15) is 37.8 Å². The molecule has 0 aliphatic heterocycles. The number of para-hydroxylation sites is 1. The Balaban J connectivity index is 2.35. The maximum absolute atomic E-state index is 4.44. The topological polar surface area (TPSA) is 49.8 Å². The van der Waals surface area contributed by atoms with Gasteiger partial charge in [0, 0.05) is 18.3 Å². The quantitative estimate of drug-likeness (QED) is 0.801. The van der Waals surface area contributed by atoms with E-state index in [0.29, 0.717) is 0 Å². The van der Waals surface area contributed by atoms with Crippen molar-refractivity contribution in [2.24, 2.45) is 0 Å². The molecule has 0 radical (unpaired) electrons. The summed E-state index contributed by atoms with van der Waals surface area (Å²) in [5, 5.41) is 6.65. The molecule has 4 nitrogen and oxygen atoms in total. The minimum Gasteiger partial charge on any atom is -0.373 e. The molecule has 4 heteroatoms. The maximum Gasteiger partial charge on any atom is 0.139 e. The smallest absolute Gasteiger partial charge is 0.139 e. The standard InChI is InChI=1S/C17H24N4/c1-4-8-13-10-6-7-11-15(13)21-17-14(9-5-2)16(18-3)19-12-20-17/h6-7,10-12H,4-5,8-9H2,1-3H3,(H2,18,19,20,21). The number of hydrogen-bond donors (Lipinski definition) is 2. The number of hydrogen-bond acceptors (Lipinski definition) is 4. The summed E-state index contributed by atoms with van der Waals surface area (Å²) in [5.74, 6) is 1.81. The summed E-state index contributed by atoms with van der Waals surface area (Å²) in [7, 11) is 1.90. The van der Waals surface area contributed by atoms with Crippen molar-refractivity contribution in [3.63, 3.8) is 0 Å². The highest BCUT2D eigenvalue weighted by Crippen LogP contribution is 2.26. The van der Waals surface area contributed by atoms with E-state index in [-0.39, 0.29) is 0 Å². The van der Waals surface area contributed by atoms with Crippen LogP contribution < -0.4 is 10.6 Å². The summed E-state index contributed by atoms with van der Waals surface area (Å²) in [6.45, 7) is 4.37. The van der Waals surface area contributed by atoms with Gasteiger partial charge in [0.25, 0.3) is 0 Å². The first-order chi connectivity index (χ1) is 10.3. The molecule has 21 heavy (non-hydrogen) atoms. The van der Waals surface area contributed by atoms with E-state index in [1.165, 1.54) is 5.56 Å². The second-order valence-electron chi connectivity index (χ2n) is 5.08. The molecule has 0 spiro atoms. The summed E-state index contributed by atoms with van der Waals surface area (Å²) in [6.07, 6.45) is 5.82. The van der Waals surface area contributed by atoms with Crippen LogP contribution in [0.5, 0.6) is 0 Å². The SMILES string of the molecule is CCCc1ccccc1Nc1ncnc(NC)c1CCC. The molecular weight excluding hydrogens is 260 g/mol. The van der Waals surface area contributed by atoms with Crippen LogP contribution in [0, 0.1) is 0 Å². The highest BCUT2D eigenvalue weighted by Gasteiger charge is 2.11. The Morgan fingerprint density at radius 2 is 1.67 bits per heavy atom. The Kier molecular flexibility index (Phi) is 5.55. The Morgan fingerprint density at radius 3 is 2.38 bits per heavy atom. The van der Waals surface area contributed by atoms with Crippen LogP contribution in [-0.4, -0.2) is 17.0 Å². The largest absolute Gasteiger partial charge is 0.373 e. The molecular formula is C17H24N4. The van der Waals surface area contributed by atoms with Crippen molar-refractivity contribution < 1.29 is 0 Å². The van der Waals surface area contributed by atoms with E-state index < -0.39 is 0 Å². The van der Waals surface area contributed by atoms with Gasteiger partial charge in [-0.05, 0) is 24.5 Å². The van der Waals surface area contributed by atoms with Gasteiger partial charge in [0.15, 0.2) is 0 Å². The molecule has 2 rings (SSSR count). The summed E-state index contributed by atoms with van der Waals surface area (Å²) < 4.78 is 0. The lowest BCUT2D eigenvalue weighted by Crippen LogP contribution is -2.06. The van der Waals surface area contributed by atoms with Crippen molar-refractivity contribution in [3.8, 4) is 0 Å². The normalized spacial score (nSPS) is 10.4. The number of anilines is 3. The first kappa shape index (κ1) is 15.3. The number of rotatable bonds is 7. The van der Waals surface area contributed by atoms with Crippen LogP contribution in [0.4, 0.5) is 17.3 Å². The first-order valence-corrected chi connectivity index (χ1v) is 7.66. The molecule has 1 aromatic heterocycles. The molecule has 2 aromatic rings. The van der Waals surface area contributed by atoms with Crippen molar-refractivity contribution in [3.05, 3.63) is 41.7 Å². The lowest BCUT2D eigenvalue weighted by atomic mass is 10.1. The van der Waals surface area contributed by atoms with Gasteiger partial charge in [-0.25, -0.2) is 9.97 Å². The molecule has 0 unspecified atom stereocenters.